The Bertz CT molecular complexity index is 349. The van der Waals surface area contributed by atoms with Crippen LogP contribution in [-0.2, 0) is 16.7 Å². The summed E-state index contributed by atoms with van der Waals surface area (Å²) in [5, 5.41) is 6.73. The average molecular weight is 291 g/mol. The smallest absolute Gasteiger partial charge is 0.107 e. The predicted molar refractivity (Wildman–Crippen MR) is 78.7 cm³/mol. The highest BCUT2D eigenvalue weighted by Crippen LogP contribution is 2.23. The molecule has 0 aliphatic carbocycles. The molecule has 1 atom stereocenters. The summed E-state index contributed by atoms with van der Waals surface area (Å²) in [7, 11) is 1.67. The van der Waals surface area contributed by atoms with E-state index >= 15 is 0 Å². The molecule has 0 saturated heterocycles. The van der Waals surface area contributed by atoms with E-state index in [-0.39, 0.29) is 10.8 Å². The molecule has 0 aromatic carbocycles. The fourth-order valence-electron chi connectivity index (χ4n) is 1.45. The summed E-state index contributed by atoms with van der Waals surface area (Å²) >= 11 is 7.76. The maximum atomic E-state index is 6.05. The van der Waals surface area contributed by atoms with Gasteiger partial charge in [0, 0.05) is 24.4 Å². The number of alkyl halides is 1. The summed E-state index contributed by atoms with van der Waals surface area (Å²) in [5.41, 5.74) is 1.30. The van der Waals surface area contributed by atoms with E-state index in [1.54, 1.807) is 18.4 Å². The number of rotatable bonds is 7. The van der Waals surface area contributed by atoms with Crippen LogP contribution in [0.15, 0.2) is 5.38 Å². The van der Waals surface area contributed by atoms with E-state index in [2.05, 4.69) is 36.5 Å². The fourth-order valence-corrected chi connectivity index (χ4v) is 2.68. The van der Waals surface area contributed by atoms with Crippen LogP contribution in [0.3, 0.4) is 0 Å². The zero-order valence-electron chi connectivity index (χ0n) is 11.6. The van der Waals surface area contributed by atoms with Gasteiger partial charge in [-0.1, -0.05) is 20.8 Å². The maximum absolute atomic E-state index is 6.05. The van der Waals surface area contributed by atoms with Crippen molar-refractivity contribution in [2.45, 2.75) is 44.5 Å². The van der Waals surface area contributed by atoms with E-state index in [0.29, 0.717) is 6.61 Å². The van der Waals surface area contributed by atoms with Crippen LogP contribution in [-0.4, -0.2) is 30.6 Å². The van der Waals surface area contributed by atoms with Gasteiger partial charge in [-0.05, 0) is 13.0 Å². The third-order valence-electron chi connectivity index (χ3n) is 2.58. The highest BCUT2D eigenvalue weighted by atomic mass is 35.5. The number of ether oxygens (including phenoxy) is 1. The van der Waals surface area contributed by atoms with Gasteiger partial charge in [0.2, 0.25) is 0 Å². The molecule has 0 radical (unpaired) electrons. The number of hydrogen-bond acceptors (Lipinski definition) is 4. The molecule has 1 rings (SSSR count). The molecule has 0 aliphatic rings. The van der Waals surface area contributed by atoms with Crippen LogP contribution < -0.4 is 5.32 Å². The van der Waals surface area contributed by atoms with Crippen LogP contribution >= 0.6 is 22.9 Å². The SMILES string of the molecule is COCC(Cl)CCNCc1nc(C(C)(C)C)cs1. The van der Waals surface area contributed by atoms with Crippen molar-refractivity contribution in [1.29, 1.82) is 0 Å². The highest BCUT2D eigenvalue weighted by molar-refractivity contribution is 7.09. The van der Waals surface area contributed by atoms with Gasteiger partial charge in [-0.3, -0.25) is 0 Å². The molecule has 0 bridgehead atoms. The van der Waals surface area contributed by atoms with Gasteiger partial charge in [0.05, 0.1) is 17.7 Å². The Balaban J connectivity index is 2.26. The molecule has 104 valence electrons. The fraction of sp³-hybridized carbons (Fsp3) is 0.769. The second-order valence-corrected chi connectivity index (χ2v) is 6.95. The molecule has 5 heteroatoms. The second kappa shape index (κ2) is 7.43. The molecule has 0 saturated carbocycles. The predicted octanol–water partition coefficient (Wildman–Crippen LogP) is 3.17. The number of aromatic nitrogens is 1. The number of methoxy groups -OCH3 is 1. The van der Waals surface area contributed by atoms with Gasteiger partial charge < -0.3 is 10.1 Å². The minimum absolute atomic E-state index is 0.0870. The van der Waals surface area contributed by atoms with Crippen molar-refractivity contribution in [2.24, 2.45) is 0 Å². The quantitative estimate of drug-likeness (QED) is 0.619. The lowest BCUT2D eigenvalue weighted by Crippen LogP contribution is -2.20. The molecule has 1 aromatic heterocycles. The first kappa shape index (κ1) is 15.9. The van der Waals surface area contributed by atoms with Crippen molar-refractivity contribution >= 4 is 22.9 Å². The minimum Gasteiger partial charge on any atom is -0.383 e. The van der Waals surface area contributed by atoms with Crippen molar-refractivity contribution in [3.05, 3.63) is 16.1 Å². The molecule has 1 N–H and O–H groups in total. The van der Waals surface area contributed by atoms with Gasteiger partial charge in [-0.25, -0.2) is 4.98 Å². The number of nitrogens with zero attached hydrogens (tertiary/aromatic N) is 1. The van der Waals surface area contributed by atoms with Crippen molar-refractivity contribution in [1.82, 2.24) is 10.3 Å². The second-order valence-electron chi connectivity index (χ2n) is 5.39. The third kappa shape index (κ3) is 5.65. The Morgan fingerprint density at radius 1 is 1.50 bits per heavy atom. The van der Waals surface area contributed by atoms with Crippen molar-refractivity contribution in [3.8, 4) is 0 Å². The Hall–Kier alpha value is -0.160. The van der Waals surface area contributed by atoms with Gasteiger partial charge >= 0.3 is 0 Å². The van der Waals surface area contributed by atoms with Gasteiger partial charge in [-0.15, -0.1) is 22.9 Å². The van der Waals surface area contributed by atoms with Crippen molar-refractivity contribution in [3.63, 3.8) is 0 Å². The summed E-state index contributed by atoms with van der Waals surface area (Å²) in [4.78, 5) is 4.63. The van der Waals surface area contributed by atoms with Gasteiger partial charge in [0.1, 0.15) is 5.01 Å². The van der Waals surface area contributed by atoms with Crippen LogP contribution in [0.1, 0.15) is 37.9 Å². The van der Waals surface area contributed by atoms with Crippen LogP contribution in [0.4, 0.5) is 0 Å². The summed E-state index contributed by atoms with van der Waals surface area (Å²) in [6.45, 7) is 8.86. The largest absolute Gasteiger partial charge is 0.383 e. The maximum Gasteiger partial charge on any atom is 0.107 e. The van der Waals surface area contributed by atoms with E-state index in [1.807, 2.05) is 0 Å². The zero-order valence-corrected chi connectivity index (χ0v) is 13.2. The molecular weight excluding hydrogens is 268 g/mol. The summed E-state index contributed by atoms with van der Waals surface area (Å²) in [6, 6.07) is 0. The van der Waals surface area contributed by atoms with E-state index in [4.69, 9.17) is 16.3 Å². The number of halogens is 1. The lowest BCUT2D eigenvalue weighted by molar-refractivity contribution is 0.195. The lowest BCUT2D eigenvalue weighted by Gasteiger charge is -2.14. The van der Waals surface area contributed by atoms with E-state index < -0.39 is 0 Å². The Morgan fingerprint density at radius 3 is 2.78 bits per heavy atom. The number of hydrogen-bond donors (Lipinski definition) is 1. The molecular formula is C13H23ClN2OS. The topological polar surface area (TPSA) is 34.1 Å². The summed E-state index contributed by atoms with van der Waals surface area (Å²) in [5.74, 6) is 0. The molecule has 1 unspecified atom stereocenters. The van der Waals surface area contributed by atoms with Gasteiger partial charge in [-0.2, -0.15) is 0 Å². The molecule has 1 aromatic rings. The summed E-state index contributed by atoms with van der Waals surface area (Å²) in [6.07, 6.45) is 0.910. The van der Waals surface area contributed by atoms with Crippen molar-refractivity contribution in [2.75, 3.05) is 20.3 Å². The van der Waals surface area contributed by atoms with Crippen molar-refractivity contribution < 1.29 is 4.74 Å². The Kier molecular flexibility index (Phi) is 6.57. The molecule has 3 nitrogen and oxygen atoms in total. The van der Waals surface area contributed by atoms with E-state index in [9.17, 15) is 0 Å². The number of nitrogens with one attached hydrogen (secondary N) is 1. The zero-order chi connectivity index (χ0) is 13.6. The monoisotopic (exact) mass is 290 g/mol. The molecule has 0 amide bonds. The highest BCUT2D eigenvalue weighted by Gasteiger charge is 2.17. The molecule has 0 aliphatic heterocycles. The van der Waals surface area contributed by atoms with Crippen LogP contribution in [0.5, 0.6) is 0 Å². The normalized spacial score (nSPS) is 13.8. The first-order chi connectivity index (χ1) is 8.43. The van der Waals surface area contributed by atoms with E-state index in [1.165, 1.54) is 5.69 Å². The molecule has 0 fully saturated rings. The summed E-state index contributed by atoms with van der Waals surface area (Å²) < 4.78 is 4.99. The lowest BCUT2D eigenvalue weighted by atomic mass is 9.93. The van der Waals surface area contributed by atoms with Gasteiger partial charge in [0.25, 0.3) is 0 Å². The first-order valence-electron chi connectivity index (χ1n) is 6.22. The number of thiazole rings is 1. The average Bonchev–Trinajstić information content (AvgIpc) is 2.73. The molecule has 0 spiro atoms. The van der Waals surface area contributed by atoms with Gasteiger partial charge in [0.15, 0.2) is 0 Å². The molecule has 1 heterocycles. The standard InChI is InChI=1S/C13H23ClN2OS/c1-13(2,3)11-9-18-12(16-11)7-15-6-5-10(14)8-17-4/h9-10,15H,5-8H2,1-4H3. The van der Waals surface area contributed by atoms with Crippen LogP contribution in [0.25, 0.3) is 0 Å². The Morgan fingerprint density at radius 2 is 2.22 bits per heavy atom. The van der Waals surface area contributed by atoms with Crippen LogP contribution in [0, 0.1) is 0 Å². The molecule has 18 heavy (non-hydrogen) atoms. The van der Waals surface area contributed by atoms with Crippen LogP contribution in [0.2, 0.25) is 0 Å². The Labute approximate surface area is 119 Å². The van der Waals surface area contributed by atoms with E-state index in [0.717, 1.165) is 24.5 Å². The first-order valence-corrected chi connectivity index (χ1v) is 7.53. The third-order valence-corrected chi connectivity index (χ3v) is 3.77. The minimum atomic E-state index is 0.0870.